The lowest BCUT2D eigenvalue weighted by Gasteiger charge is -2.29. The largest absolute Gasteiger partial charge is 0.381 e. The summed E-state index contributed by atoms with van der Waals surface area (Å²) in [5.74, 6) is 0.0695. The number of fused-ring (bicyclic) bond motifs is 2. The molecule has 2 rings (SSSR count). The summed E-state index contributed by atoms with van der Waals surface area (Å²) >= 11 is 0. The van der Waals surface area contributed by atoms with Crippen LogP contribution in [-0.4, -0.2) is 45.5 Å². The first kappa shape index (κ1) is 13.3. The molecule has 17 heavy (non-hydrogen) atoms. The van der Waals surface area contributed by atoms with Gasteiger partial charge in [0.05, 0.1) is 12.4 Å². The average molecular weight is 262 g/mol. The second kappa shape index (κ2) is 5.65. The van der Waals surface area contributed by atoms with Crippen molar-refractivity contribution in [1.82, 2.24) is 10.0 Å². The monoisotopic (exact) mass is 262 g/mol. The second-order valence-corrected chi connectivity index (χ2v) is 6.81. The molecule has 0 amide bonds. The molecule has 0 aromatic carbocycles. The molecule has 2 aliphatic rings. The lowest BCUT2D eigenvalue weighted by molar-refractivity contribution is 0.163. The zero-order chi connectivity index (χ0) is 12.3. The van der Waals surface area contributed by atoms with Crippen molar-refractivity contribution in [1.29, 1.82) is 0 Å². The maximum absolute atomic E-state index is 11.8. The van der Waals surface area contributed by atoms with E-state index >= 15 is 0 Å². The Morgan fingerprint density at radius 3 is 2.53 bits per heavy atom. The molecule has 2 aliphatic heterocycles. The first-order valence-electron chi connectivity index (χ1n) is 6.43. The Hall–Kier alpha value is -0.170. The number of rotatable bonds is 6. The van der Waals surface area contributed by atoms with E-state index in [-0.39, 0.29) is 18.4 Å². The van der Waals surface area contributed by atoms with Crippen LogP contribution in [0.25, 0.3) is 0 Å². The van der Waals surface area contributed by atoms with Crippen LogP contribution in [0.3, 0.4) is 0 Å². The van der Waals surface area contributed by atoms with Crippen LogP contribution in [0.5, 0.6) is 0 Å². The van der Waals surface area contributed by atoms with E-state index in [1.165, 1.54) is 12.8 Å². The summed E-state index contributed by atoms with van der Waals surface area (Å²) in [7, 11) is -3.18. The molecule has 0 aromatic rings. The number of hydrogen-bond donors (Lipinski definition) is 2. The first-order valence-corrected chi connectivity index (χ1v) is 8.08. The number of piperidine rings is 1. The van der Waals surface area contributed by atoms with Gasteiger partial charge in [-0.15, -0.1) is 0 Å². The molecule has 2 fully saturated rings. The Morgan fingerprint density at radius 2 is 1.94 bits per heavy atom. The molecule has 2 N–H and O–H groups in total. The summed E-state index contributed by atoms with van der Waals surface area (Å²) < 4.78 is 31.5. The molecule has 0 radical (unpaired) electrons. The standard InChI is InChI=1S/C11H22N2O3S/c1-2-16-5-6-17(14,15)13-11-7-9-3-4-10(8-11)12-9/h9-13H,2-8H2,1H3. The van der Waals surface area contributed by atoms with Crippen molar-refractivity contribution in [3.63, 3.8) is 0 Å². The maximum atomic E-state index is 11.8. The minimum absolute atomic E-state index is 0.0695. The Kier molecular flexibility index (Phi) is 4.41. The van der Waals surface area contributed by atoms with Crippen LogP contribution in [-0.2, 0) is 14.8 Å². The van der Waals surface area contributed by atoms with Crippen LogP contribution in [0.1, 0.15) is 32.6 Å². The van der Waals surface area contributed by atoms with Gasteiger partial charge in [0, 0.05) is 24.7 Å². The summed E-state index contributed by atoms with van der Waals surface area (Å²) in [5.41, 5.74) is 0. The quantitative estimate of drug-likeness (QED) is 0.672. The Bertz CT molecular complexity index is 333. The number of nitrogens with one attached hydrogen (secondary N) is 2. The number of hydrogen-bond acceptors (Lipinski definition) is 4. The number of sulfonamides is 1. The van der Waals surface area contributed by atoms with Crippen LogP contribution in [0.2, 0.25) is 0 Å². The van der Waals surface area contributed by atoms with Crippen molar-refractivity contribution in [3.05, 3.63) is 0 Å². The maximum Gasteiger partial charge on any atom is 0.214 e. The van der Waals surface area contributed by atoms with Crippen molar-refractivity contribution in [2.45, 2.75) is 50.7 Å². The molecule has 0 spiro atoms. The van der Waals surface area contributed by atoms with Crippen LogP contribution < -0.4 is 10.0 Å². The molecule has 2 unspecified atom stereocenters. The molecule has 2 atom stereocenters. The molecule has 0 saturated carbocycles. The van der Waals surface area contributed by atoms with Crippen LogP contribution in [0, 0.1) is 0 Å². The molecule has 2 bridgehead atoms. The molecule has 0 aliphatic carbocycles. The van der Waals surface area contributed by atoms with Gasteiger partial charge in [0.25, 0.3) is 0 Å². The molecule has 6 heteroatoms. The zero-order valence-corrected chi connectivity index (χ0v) is 11.1. The van der Waals surface area contributed by atoms with Gasteiger partial charge in [0.1, 0.15) is 0 Å². The normalized spacial score (nSPS) is 32.9. The summed E-state index contributed by atoms with van der Waals surface area (Å²) in [6.45, 7) is 2.71. The predicted molar refractivity (Wildman–Crippen MR) is 66.4 cm³/mol. The molecular formula is C11H22N2O3S. The highest BCUT2D eigenvalue weighted by atomic mass is 32.2. The highest BCUT2D eigenvalue weighted by Crippen LogP contribution is 2.27. The Labute approximate surface area is 103 Å². The van der Waals surface area contributed by atoms with Gasteiger partial charge >= 0.3 is 0 Å². The van der Waals surface area contributed by atoms with Gasteiger partial charge in [-0.25, -0.2) is 13.1 Å². The molecule has 2 saturated heterocycles. The van der Waals surface area contributed by atoms with Crippen LogP contribution in [0.4, 0.5) is 0 Å². The molecule has 2 heterocycles. The zero-order valence-electron chi connectivity index (χ0n) is 10.3. The fraction of sp³-hybridized carbons (Fsp3) is 1.00. The van der Waals surface area contributed by atoms with E-state index in [4.69, 9.17) is 4.74 Å². The summed E-state index contributed by atoms with van der Waals surface area (Å²) in [6, 6.07) is 1.13. The highest BCUT2D eigenvalue weighted by molar-refractivity contribution is 7.89. The molecule has 0 aromatic heterocycles. The van der Waals surface area contributed by atoms with Gasteiger partial charge in [0.15, 0.2) is 0 Å². The van der Waals surface area contributed by atoms with Crippen molar-refractivity contribution in [3.8, 4) is 0 Å². The third-order valence-corrected chi connectivity index (χ3v) is 4.92. The predicted octanol–water partition coefficient (Wildman–Crippen LogP) is 0.225. The van der Waals surface area contributed by atoms with Crippen molar-refractivity contribution >= 4 is 10.0 Å². The fourth-order valence-corrected chi connectivity index (χ4v) is 3.93. The molecule has 100 valence electrons. The fourth-order valence-electron chi connectivity index (χ4n) is 2.78. The van der Waals surface area contributed by atoms with Gasteiger partial charge in [-0.2, -0.15) is 0 Å². The minimum atomic E-state index is -3.18. The summed E-state index contributed by atoms with van der Waals surface area (Å²) in [5, 5.41) is 3.50. The van der Waals surface area contributed by atoms with Gasteiger partial charge in [0.2, 0.25) is 10.0 Å². The third kappa shape index (κ3) is 3.91. The molecular weight excluding hydrogens is 240 g/mol. The van der Waals surface area contributed by atoms with Crippen LogP contribution in [0.15, 0.2) is 0 Å². The van der Waals surface area contributed by atoms with Crippen molar-refractivity contribution in [2.24, 2.45) is 0 Å². The summed E-state index contributed by atoms with van der Waals surface area (Å²) in [6.07, 6.45) is 4.21. The average Bonchev–Trinajstić information content (AvgIpc) is 2.58. The summed E-state index contributed by atoms with van der Waals surface area (Å²) in [4.78, 5) is 0. The van der Waals surface area contributed by atoms with E-state index in [1.807, 2.05) is 6.92 Å². The number of ether oxygens (including phenoxy) is 1. The smallest absolute Gasteiger partial charge is 0.214 e. The SMILES string of the molecule is CCOCCS(=O)(=O)NC1CC2CCC(C1)N2. The first-order chi connectivity index (χ1) is 8.09. The third-order valence-electron chi connectivity index (χ3n) is 3.52. The van der Waals surface area contributed by atoms with Crippen molar-refractivity contribution in [2.75, 3.05) is 19.0 Å². The van der Waals surface area contributed by atoms with Gasteiger partial charge in [-0.3, -0.25) is 0 Å². The van der Waals surface area contributed by atoms with E-state index in [9.17, 15) is 8.42 Å². The highest BCUT2D eigenvalue weighted by Gasteiger charge is 2.34. The van der Waals surface area contributed by atoms with E-state index in [0.29, 0.717) is 18.7 Å². The van der Waals surface area contributed by atoms with Crippen LogP contribution >= 0.6 is 0 Å². The minimum Gasteiger partial charge on any atom is -0.381 e. The lowest BCUT2D eigenvalue weighted by atomic mass is 10.0. The van der Waals surface area contributed by atoms with Gasteiger partial charge < -0.3 is 10.1 Å². The Morgan fingerprint density at radius 1 is 1.29 bits per heavy atom. The van der Waals surface area contributed by atoms with Gasteiger partial charge in [-0.1, -0.05) is 0 Å². The van der Waals surface area contributed by atoms with E-state index in [1.54, 1.807) is 0 Å². The van der Waals surface area contributed by atoms with Crippen molar-refractivity contribution < 1.29 is 13.2 Å². The second-order valence-electron chi connectivity index (χ2n) is 4.94. The van der Waals surface area contributed by atoms with E-state index in [0.717, 1.165) is 12.8 Å². The lowest BCUT2D eigenvalue weighted by Crippen LogP contribution is -2.48. The van der Waals surface area contributed by atoms with Gasteiger partial charge in [-0.05, 0) is 32.6 Å². The van der Waals surface area contributed by atoms with E-state index < -0.39 is 10.0 Å². The molecule has 5 nitrogen and oxygen atoms in total. The van der Waals surface area contributed by atoms with E-state index in [2.05, 4.69) is 10.0 Å². The topological polar surface area (TPSA) is 67.4 Å². The Balaban J connectivity index is 1.79.